The summed E-state index contributed by atoms with van der Waals surface area (Å²) in [6, 6.07) is 4.10. The highest BCUT2D eigenvalue weighted by Gasteiger charge is 2.28. The first-order valence-electron chi connectivity index (χ1n) is 7.91. The van der Waals surface area contributed by atoms with Crippen LogP contribution >= 0.6 is 22.7 Å². The van der Waals surface area contributed by atoms with E-state index in [1.807, 2.05) is 16.8 Å². The first kappa shape index (κ1) is 18.2. The Kier molecular flexibility index (Phi) is 5.71. The maximum Gasteiger partial charge on any atom is 0.508 e. The van der Waals surface area contributed by atoms with Crippen LogP contribution in [0.4, 0.5) is 9.80 Å². The zero-order valence-corrected chi connectivity index (χ0v) is 15.6. The highest BCUT2D eigenvalue weighted by Crippen LogP contribution is 2.38. The van der Waals surface area contributed by atoms with Gasteiger partial charge in [0.2, 0.25) is 5.91 Å². The SMILES string of the molecule is COC(=O)OC1CCc2c(sc(NC(=O)/C=C/c3ccsc3)c2C#N)C1. The Balaban J connectivity index is 1.72. The van der Waals surface area contributed by atoms with E-state index in [-0.39, 0.29) is 12.0 Å². The van der Waals surface area contributed by atoms with Crippen LogP contribution in [0.15, 0.2) is 22.9 Å². The predicted molar refractivity (Wildman–Crippen MR) is 100 cm³/mol. The first-order valence-corrected chi connectivity index (χ1v) is 9.67. The molecule has 0 radical (unpaired) electrons. The van der Waals surface area contributed by atoms with E-state index in [2.05, 4.69) is 16.1 Å². The largest absolute Gasteiger partial charge is 0.508 e. The Bertz CT molecular complexity index is 878. The summed E-state index contributed by atoms with van der Waals surface area (Å²) in [6.07, 6.45) is 3.96. The fraction of sp³-hybridized carbons (Fsp3) is 0.278. The minimum atomic E-state index is -0.706. The van der Waals surface area contributed by atoms with Gasteiger partial charge in [-0.25, -0.2) is 4.79 Å². The second kappa shape index (κ2) is 8.17. The van der Waals surface area contributed by atoms with E-state index in [0.717, 1.165) is 16.0 Å². The molecule has 2 aromatic rings. The summed E-state index contributed by atoms with van der Waals surface area (Å²) in [5.74, 6) is -0.284. The molecule has 0 aromatic carbocycles. The second-order valence-corrected chi connectivity index (χ2v) is 7.52. The molecule has 134 valence electrons. The number of nitrogens with zero attached hydrogens (tertiary/aromatic N) is 1. The second-order valence-electron chi connectivity index (χ2n) is 5.64. The number of rotatable bonds is 4. The van der Waals surface area contributed by atoms with Gasteiger partial charge in [0, 0.05) is 17.4 Å². The third-order valence-electron chi connectivity index (χ3n) is 3.97. The van der Waals surface area contributed by atoms with Crippen molar-refractivity contribution in [2.45, 2.75) is 25.4 Å². The molecule has 0 spiro atoms. The lowest BCUT2D eigenvalue weighted by molar-refractivity contribution is -0.111. The molecule has 1 atom stereocenters. The molecule has 0 bridgehead atoms. The summed E-state index contributed by atoms with van der Waals surface area (Å²) in [5.41, 5.74) is 2.39. The molecular weight excluding hydrogens is 372 g/mol. The monoisotopic (exact) mass is 388 g/mol. The molecule has 0 saturated carbocycles. The van der Waals surface area contributed by atoms with Crippen LogP contribution in [-0.2, 0) is 27.1 Å². The minimum absolute atomic E-state index is 0.276. The van der Waals surface area contributed by atoms with Crippen LogP contribution in [0.25, 0.3) is 6.08 Å². The zero-order valence-electron chi connectivity index (χ0n) is 14.0. The smallest absolute Gasteiger partial charge is 0.438 e. The van der Waals surface area contributed by atoms with E-state index in [9.17, 15) is 14.9 Å². The van der Waals surface area contributed by atoms with Crippen LogP contribution in [0.2, 0.25) is 0 Å². The molecule has 1 amide bonds. The molecule has 3 rings (SSSR count). The third kappa shape index (κ3) is 4.12. The van der Waals surface area contributed by atoms with Crippen molar-refractivity contribution < 1.29 is 19.1 Å². The standard InChI is InChI=1S/C18H16N2O4S2/c1-23-18(22)24-12-3-4-13-14(9-19)17(26-15(13)8-12)20-16(21)5-2-11-6-7-25-10-11/h2,5-7,10,12H,3-4,8H2,1H3,(H,20,21)/b5-2+. The molecule has 8 heteroatoms. The number of carbonyl (C=O) groups is 2. The quantitative estimate of drug-likeness (QED) is 0.632. The summed E-state index contributed by atoms with van der Waals surface area (Å²) in [6.45, 7) is 0. The van der Waals surface area contributed by atoms with Gasteiger partial charge in [-0.1, -0.05) is 0 Å². The lowest BCUT2D eigenvalue weighted by Crippen LogP contribution is -2.24. The van der Waals surface area contributed by atoms with E-state index >= 15 is 0 Å². The fourth-order valence-electron chi connectivity index (χ4n) is 2.74. The predicted octanol–water partition coefficient (Wildman–Crippen LogP) is 3.97. The van der Waals surface area contributed by atoms with Crippen molar-refractivity contribution in [1.29, 1.82) is 5.26 Å². The number of fused-ring (bicyclic) bond motifs is 1. The van der Waals surface area contributed by atoms with Crippen molar-refractivity contribution in [3.8, 4) is 6.07 Å². The van der Waals surface area contributed by atoms with Crippen LogP contribution in [0.3, 0.4) is 0 Å². The fourth-order valence-corrected chi connectivity index (χ4v) is 4.64. The molecule has 1 aliphatic rings. The highest BCUT2D eigenvalue weighted by atomic mass is 32.1. The lowest BCUT2D eigenvalue weighted by atomic mass is 9.94. The highest BCUT2D eigenvalue weighted by molar-refractivity contribution is 7.16. The summed E-state index contributed by atoms with van der Waals surface area (Å²) in [5, 5.41) is 16.7. The van der Waals surface area contributed by atoms with Crippen molar-refractivity contribution in [2.75, 3.05) is 12.4 Å². The van der Waals surface area contributed by atoms with E-state index in [4.69, 9.17) is 4.74 Å². The number of carbonyl (C=O) groups excluding carboxylic acids is 2. The van der Waals surface area contributed by atoms with Gasteiger partial charge in [0.25, 0.3) is 0 Å². The van der Waals surface area contributed by atoms with Crippen molar-refractivity contribution in [2.24, 2.45) is 0 Å². The number of hydrogen-bond acceptors (Lipinski definition) is 7. The van der Waals surface area contributed by atoms with Crippen LogP contribution in [0, 0.1) is 11.3 Å². The molecule has 0 aliphatic heterocycles. The van der Waals surface area contributed by atoms with Crippen LogP contribution < -0.4 is 5.32 Å². The maximum atomic E-state index is 12.2. The number of thiophene rings is 2. The zero-order chi connectivity index (χ0) is 18.5. The van der Waals surface area contributed by atoms with E-state index in [0.29, 0.717) is 29.8 Å². The van der Waals surface area contributed by atoms with Gasteiger partial charge in [-0.15, -0.1) is 11.3 Å². The molecule has 6 nitrogen and oxygen atoms in total. The number of methoxy groups -OCH3 is 1. The van der Waals surface area contributed by atoms with E-state index in [1.54, 1.807) is 17.4 Å². The van der Waals surface area contributed by atoms with E-state index in [1.165, 1.54) is 24.5 Å². The van der Waals surface area contributed by atoms with E-state index < -0.39 is 6.16 Å². The van der Waals surface area contributed by atoms with Crippen LogP contribution in [-0.4, -0.2) is 25.3 Å². The number of amides is 1. The van der Waals surface area contributed by atoms with Gasteiger partial charge in [-0.2, -0.15) is 16.6 Å². The molecule has 26 heavy (non-hydrogen) atoms. The molecule has 0 saturated heterocycles. The molecule has 0 fully saturated rings. The van der Waals surface area contributed by atoms with Crippen molar-refractivity contribution in [3.05, 3.63) is 44.5 Å². The van der Waals surface area contributed by atoms with Gasteiger partial charge in [-0.3, -0.25) is 4.79 Å². The number of nitrogens with one attached hydrogen (secondary N) is 1. The van der Waals surface area contributed by atoms with Gasteiger partial charge in [0.15, 0.2) is 0 Å². The topological polar surface area (TPSA) is 88.4 Å². The molecule has 2 aromatic heterocycles. The Morgan fingerprint density at radius 1 is 1.46 bits per heavy atom. The minimum Gasteiger partial charge on any atom is -0.438 e. The number of hydrogen-bond donors (Lipinski definition) is 1. The molecular formula is C18H16N2O4S2. The third-order valence-corrected chi connectivity index (χ3v) is 5.84. The Morgan fingerprint density at radius 3 is 3.00 bits per heavy atom. The van der Waals surface area contributed by atoms with Gasteiger partial charge >= 0.3 is 6.16 Å². The van der Waals surface area contributed by atoms with Gasteiger partial charge in [0.05, 0.1) is 12.7 Å². The summed E-state index contributed by atoms with van der Waals surface area (Å²) in [7, 11) is 1.27. The van der Waals surface area contributed by atoms with Crippen molar-refractivity contribution in [3.63, 3.8) is 0 Å². The number of nitriles is 1. The molecule has 1 unspecified atom stereocenters. The average Bonchev–Trinajstić information content (AvgIpc) is 3.26. The molecule has 1 N–H and O–H groups in total. The van der Waals surface area contributed by atoms with Crippen LogP contribution in [0.1, 0.15) is 28.0 Å². The summed E-state index contributed by atoms with van der Waals surface area (Å²) in [4.78, 5) is 24.4. The maximum absolute atomic E-state index is 12.2. The Morgan fingerprint density at radius 2 is 2.31 bits per heavy atom. The number of anilines is 1. The normalized spacial score (nSPS) is 15.9. The van der Waals surface area contributed by atoms with Gasteiger partial charge in [0.1, 0.15) is 17.2 Å². The van der Waals surface area contributed by atoms with Crippen LogP contribution in [0.5, 0.6) is 0 Å². The Labute approximate surface area is 158 Å². The lowest BCUT2D eigenvalue weighted by Gasteiger charge is -2.21. The summed E-state index contributed by atoms with van der Waals surface area (Å²) < 4.78 is 9.73. The summed E-state index contributed by atoms with van der Waals surface area (Å²) >= 11 is 2.91. The van der Waals surface area contributed by atoms with Crippen molar-refractivity contribution >= 4 is 45.8 Å². The first-order chi connectivity index (χ1) is 12.6. The molecule has 2 heterocycles. The Hall–Kier alpha value is -2.63. The average molecular weight is 388 g/mol. The molecule has 1 aliphatic carbocycles. The van der Waals surface area contributed by atoms with Crippen molar-refractivity contribution in [1.82, 2.24) is 0 Å². The van der Waals surface area contributed by atoms with Gasteiger partial charge < -0.3 is 14.8 Å². The number of ether oxygens (including phenoxy) is 2. The van der Waals surface area contributed by atoms with Gasteiger partial charge in [-0.05, 0) is 46.9 Å².